The number of hydrogen-bond acceptors (Lipinski definition) is 2. The van der Waals surface area contributed by atoms with Crippen molar-refractivity contribution in [1.82, 2.24) is 9.38 Å². The molecule has 0 aliphatic carbocycles. The summed E-state index contributed by atoms with van der Waals surface area (Å²) in [7, 11) is 0. The predicted molar refractivity (Wildman–Crippen MR) is 56.5 cm³/mol. The SMILES string of the molecule is CCc1cn2ccc(SC(F)(F)F)cc2n1. The molecule has 0 saturated heterocycles. The summed E-state index contributed by atoms with van der Waals surface area (Å²) < 4.78 is 38.2. The van der Waals surface area contributed by atoms with Gasteiger partial charge in [0.05, 0.1) is 5.69 Å². The number of thioether (sulfide) groups is 1. The number of halogens is 3. The highest BCUT2D eigenvalue weighted by atomic mass is 32.2. The van der Waals surface area contributed by atoms with Crippen LogP contribution in [0.2, 0.25) is 0 Å². The third kappa shape index (κ3) is 2.49. The second kappa shape index (κ2) is 4.01. The van der Waals surface area contributed by atoms with E-state index in [4.69, 9.17) is 0 Å². The Hall–Kier alpha value is -1.17. The van der Waals surface area contributed by atoms with E-state index in [-0.39, 0.29) is 16.7 Å². The third-order valence-electron chi connectivity index (χ3n) is 2.08. The summed E-state index contributed by atoms with van der Waals surface area (Å²) in [5.41, 5.74) is -2.83. The molecule has 0 aliphatic heterocycles. The number of aromatic nitrogens is 2. The van der Waals surface area contributed by atoms with Crippen LogP contribution in [0, 0.1) is 0 Å². The van der Waals surface area contributed by atoms with Crippen LogP contribution in [0.1, 0.15) is 12.6 Å². The molecule has 0 N–H and O–H groups in total. The number of rotatable bonds is 2. The molecule has 0 radical (unpaired) electrons. The minimum atomic E-state index is -4.25. The second-order valence-electron chi connectivity index (χ2n) is 3.26. The average molecular weight is 246 g/mol. The molecular weight excluding hydrogens is 237 g/mol. The van der Waals surface area contributed by atoms with Gasteiger partial charge in [-0.05, 0) is 30.3 Å². The quantitative estimate of drug-likeness (QED) is 0.754. The fourth-order valence-corrected chi connectivity index (χ4v) is 1.94. The molecule has 2 aromatic heterocycles. The van der Waals surface area contributed by atoms with Crippen LogP contribution in [0.5, 0.6) is 0 Å². The third-order valence-corrected chi connectivity index (χ3v) is 2.80. The van der Waals surface area contributed by atoms with Gasteiger partial charge in [0.15, 0.2) is 0 Å². The molecule has 2 heterocycles. The van der Waals surface area contributed by atoms with Crippen LogP contribution in [0.3, 0.4) is 0 Å². The largest absolute Gasteiger partial charge is 0.446 e. The van der Waals surface area contributed by atoms with Gasteiger partial charge >= 0.3 is 5.51 Å². The molecule has 0 aliphatic rings. The highest BCUT2D eigenvalue weighted by Crippen LogP contribution is 2.36. The predicted octanol–water partition coefficient (Wildman–Crippen LogP) is 3.51. The maximum Gasteiger partial charge on any atom is 0.446 e. The summed E-state index contributed by atoms with van der Waals surface area (Å²) >= 11 is -0.121. The Balaban J connectivity index is 2.36. The van der Waals surface area contributed by atoms with Crippen molar-refractivity contribution in [2.24, 2.45) is 0 Å². The van der Waals surface area contributed by atoms with Gasteiger partial charge in [-0.2, -0.15) is 13.2 Å². The zero-order valence-electron chi connectivity index (χ0n) is 8.45. The number of imidazole rings is 1. The number of aryl methyl sites for hydroxylation is 1. The van der Waals surface area contributed by atoms with Crippen molar-refractivity contribution >= 4 is 17.4 Å². The lowest BCUT2D eigenvalue weighted by molar-refractivity contribution is -0.0328. The molecule has 0 fully saturated rings. The van der Waals surface area contributed by atoms with Gasteiger partial charge in [-0.3, -0.25) is 0 Å². The van der Waals surface area contributed by atoms with E-state index < -0.39 is 5.51 Å². The van der Waals surface area contributed by atoms with Crippen LogP contribution >= 0.6 is 11.8 Å². The van der Waals surface area contributed by atoms with Gasteiger partial charge in [-0.1, -0.05) is 6.92 Å². The van der Waals surface area contributed by atoms with E-state index in [2.05, 4.69) is 4.98 Å². The van der Waals surface area contributed by atoms with Crippen molar-refractivity contribution in [3.63, 3.8) is 0 Å². The van der Waals surface area contributed by atoms with Crippen molar-refractivity contribution in [1.29, 1.82) is 0 Å². The summed E-state index contributed by atoms with van der Waals surface area (Å²) in [6.07, 6.45) is 4.18. The molecule has 2 nitrogen and oxygen atoms in total. The highest BCUT2D eigenvalue weighted by Gasteiger charge is 2.29. The first-order chi connectivity index (χ1) is 7.48. The van der Waals surface area contributed by atoms with Gasteiger partial charge < -0.3 is 4.40 Å². The lowest BCUT2D eigenvalue weighted by Crippen LogP contribution is -1.99. The Morgan fingerprint density at radius 3 is 2.81 bits per heavy atom. The summed E-state index contributed by atoms with van der Waals surface area (Å²) in [4.78, 5) is 4.36. The Labute approximate surface area is 94.5 Å². The fourth-order valence-electron chi connectivity index (χ4n) is 1.38. The molecule has 0 unspecified atom stereocenters. The number of fused-ring (bicyclic) bond motifs is 1. The average Bonchev–Trinajstić information content (AvgIpc) is 2.57. The van der Waals surface area contributed by atoms with Crippen LogP contribution < -0.4 is 0 Å². The summed E-state index contributed by atoms with van der Waals surface area (Å²) in [6, 6.07) is 2.88. The van der Waals surface area contributed by atoms with E-state index in [0.29, 0.717) is 5.65 Å². The lowest BCUT2D eigenvalue weighted by Gasteiger charge is -2.04. The van der Waals surface area contributed by atoms with Crippen molar-refractivity contribution in [3.8, 4) is 0 Å². The molecule has 6 heteroatoms. The van der Waals surface area contributed by atoms with E-state index in [0.717, 1.165) is 12.1 Å². The highest BCUT2D eigenvalue weighted by molar-refractivity contribution is 8.00. The molecule has 2 rings (SSSR count). The fraction of sp³-hybridized carbons (Fsp3) is 0.300. The molecular formula is C10H9F3N2S. The van der Waals surface area contributed by atoms with Crippen molar-refractivity contribution in [3.05, 3.63) is 30.2 Å². The van der Waals surface area contributed by atoms with Crippen LogP contribution in [-0.2, 0) is 6.42 Å². The van der Waals surface area contributed by atoms with E-state index in [9.17, 15) is 13.2 Å². The topological polar surface area (TPSA) is 17.3 Å². The maximum atomic E-state index is 12.1. The Bertz CT molecular complexity index is 504. The first-order valence-electron chi connectivity index (χ1n) is 4.71. The zero-order valence-corrected chi connectivity index (χ0v) is 9.27. The summed E-state index contributed by atoms with van der Waals surface area (Å²) in [5, 5.41) is 0. The van der Waals surface area contributed by atoms with E-state index in [1.807, 2.05) is 13.1 Å². The number of hydrogen-bond donors (Lipinski definition) is 0. The smallest absolute Gasteiger partial charge is 0.307 e. The normalized spacial score (nSPS) is 12.2. The van der Waals surface area contributed by atoms with Crippen molar-refractivity contribution in [2.45, 2.75) is 23.7 Å². The Kier molecular flexibility index (Phi) is 2.84. The lowest BCUT2D eigenvalue weighted by atomic mass is 10.4. The van der Waals surface area contributed by atoms with Gasteiger partial charge in [0.25, 0.3) is 0 Å². The molecule has 86 valence electrons. The molecule has 0 amide bonds. The number of alkyl halides is 3. The minimum absolute atomic E-state index is 0.121. The number of nitrogens with zero attached hydrogens (tertiary/aromatic N) is 2. The summed E-state index contributed by atoms with van der Waals surface area (Å²) in [6.45, 7) is 1.95. The van der Waals surface area contributed by atoms with E-state index >= 15 is 0 Å². The van der Waals surface area contributed by atoms with Gasteiger partial charge in [0.1, 0.15) is 5.65 Å². The number of pyridine rings is 1. The Morgan fingerprint density at radius 2 is 2.19 bits per heavy atom. The standard InChI is InChI=1S/C10H9F3N2S/c1-2-7-6-15-4-3-8(5-9(15)14-7)16-10(11,12)13/h3-6H,2H2,1H3. The van der Waals surface area contributed by atoms with Gasteiger partial charge in [-0.25, -0.2) is 4.98 Å². The molecule has 16 heavy (non-hydrogen) atoms. The zero-order chi connectivity index (χ0) is 11.8. The first-order valence-corrected chi connectivity index (χ1v) is 5.53. The van der Waals surface area contributed by atoms with Crippen molar-refractivity contribution < 1.29 is 13.2 Å². The van der Waals surface area contributed by atoms with Crippen LogP contribution in [0.25, 0.3) is 5.65 Å². The van der Waals surface area contributed by atoms with Crippen LogP contribution in [-0.4, -0.2) is 14.9 Å². The molecule has 0 saturated carbocycles. The van der Waals surface area contributed by atoms with E-state index in [1.54, 1.807) is 10.6 Å². The van der Waals surface area contributed by atoms with E-state index in [1.165, 1.54) is 12.1 Å². The van der Waals surface area contributed by atoms with Gasteiger partial charge in [0, 0.05) is 17.3 Å². The minimum Gasteiger partial charge on any atom is -0.307 e. The molecule has 0 aromatic carbocycles. The van der Waals surface area contributed by atoms with Crippen LogP contribution in [0.4, 0.5) is 13.2 Å². The maximum absolute atomic E-state index is 12.1. The monoisotopic (exact) mass is 246 g/mol. The van der Waals surface area contributed by atoms with Crippen LogP contribution in [0.15, 0.2) is 29.4 Å². The van der Waals surface area contributed by atoms with Gasteiger partial charge in [0.2, 0.25) is 0 Å². The Morgan fingerprint density at radius 1 is 1.44 bits per heavy atom. The summed E-state index contributed by atoms with van der Waals surface area (Å²) in [5.74, 6) is 0. The van der Waals surface area contributed by atoms with Gasteiger partial charge in [-0.15, -0.1) is 0 Å². The molecule has 0 atom stereocenters. The first kappa shape index (κ1) is 11.3. The second-order valence-corrected chi connectivity index (χ2v) is 4.40. The molecule has 2 aromatic rings. The molecule has 0 bridgehead atoms. The molecule has 0 spiro atoms. The van der Waals surface area contributed by atoms with Crippen molar-refractivity contribution in [2.75, 3.05) is 0 Å².